The number of alkyl halides is 3. The Labute approximate surface area is 203 Å². The van der Waals surface area contributed by atoms with E-state index in [1.54, 1.807) is 12.3 Å². The van der Waals surface area contributed by atoms with Crippen LogP contribution in [0.4, 0.5) is 30.8 Å². The van der Waals surface area contributed by atoms with Crippen LogP contribution in [-0.4, -0.2) is 50.4 Å². The van der Waals surface area contributed by atoms with Gasteiger partial charge in [-0.3, -0.25) is 15.1 Å². The number of hydrogen-bond acceptors (Lipinski definition) is 10. The summed E-state index contributed by atoms with van der Waals surface area (Å²) in [5.74, 6) is 0.00578. The molecular formula is C22H21F3N8O3. The van der Waals surface area contributed by atoms with Gasteiger partial charge in [-0.05, 0) is 49.1 Å². The SMILES string of the molecule is O=[N+]([O-])c1ccc(C=NNc2nc(OCC(F)(F)F)nc(N3CCCCC3c3ccccn3)n2)cc1. The van der Waals surface area contributed by atoms with Gasteiger partial charge in [-0.2, -0.15) is 33.2 Å². The number of nitro benzene ring substituents is 1. The summed E-state index contributed by atoms with van der Waals surface area (Å²) in [6.07, 6.45) is 1.02. The van der Waals surface area contributed by atoms with Crippen molar-refractivity contribution >= 4 is 23.8 Å². The molecule has 0 amide bonds. The second kappa shape index (κ2) is 10.9. The lowest BCUT2D eigenvalue weighted by atomic mass is 9.99. The Hall–Kier alpha value is -4.36. The molecule has 4 rings (SSSR count). The highest BCUT2D eigenvalue weighted by Gasteiger charge is 2.31. The molecule has 36 heavy (non-hydrogen) atoms. The molecule has 1 fully saturated rings. The van der Waals surface area contributed by atoms with Crippen LogP contribution in [0.3, 0.4) is 0 Å². The molecule has 2 aromatic heterocycles. The van der Waals surface area contributed by atoms with Gasteiger partial charge in [0.05, 0.1) is 22.9 Å². The highest BCUT2D eigenvalue weighted by atomic mass is 19.4. The first-order valence-electron chi connectivity index (χ1n) is 11.0. The van der Waals surface area contributed by atoms with E-state index in [2.05, 4.69) is 30.5 Å². The summed E-state index contributed by atoms with van der Waals surface area (Å²) in [5, 5.41) is 14.8. The Morgan fingerprint density at radius 2 is 1.97 bits per heavy atom. The first kappa shape index (κ1) is 24.8. The second-order valence-corrected chi connectivity index (χ2v) is 7.82. The fourth-order valence-corrected chi connectivity index (χ4v) is 3.63. The topological polar surface area (TPSA) is 132 Å². The van der Waals surface area contributed by atoms with Crippen molar-refractivity contribution in [2.45, 2.75) is 31.5 Å². The predicted molar refractivity (Wildman–Crippen MR) is 124 cm³/mol. The number of rotatable bonds is 8. The van der Waals surface area contributed by atoms with E-state index in [9.17, 15) is 23.3 Å². The fraction of sp³-hybridized carbons (Fsp3) is 0.318. The molecule has 11 nitrogen and oxygen atoms in total. The Morgan fingerprint density at radius 3 is 2.67 bits per heavy atom. The van der Waals surface area contributed by atoms with Crippen LogP contribution in [0.25, 0.3) is 0 Å². The minimum atomic E-state index is -4.57. The summed E-state index contributed by atoms with van der Waals surface area (Å²) in [4.78, 5) is 28.9. The molecule has 14 heteroatoms. The van der Waals surface area contributed by atoms with Gasteiger partial charge in [0.25, 0.3) is 11.6 Å². The molecule has 1 unspecified atom stereocenters. The summed E-state index contributed by atoms with van der Waals surface area (Å²) < 4.78 is 43.1. The van der Waals surface area contributed by atoms with Crippen LogP contribution in [0, 0.1) is 10.1 Å². The lowest BCUT2D eigenvalue weighted by molar-refractivity contribution is -0.384. The maximum Gasteiger partial charge on any atom is 0.422 e. The number of non-ortho nitro benzene ring substituents is 1. The molecule has 3 heterocycles. The van der Waals surface area contributed by atoms with E-state index in [-0.39, 0.29) is 23.6 Å². The number of ether oxygens (including phenoxy) is 1. The van der Waals surface area contributed by atoms with Crippen molar-refractivity contribution in [3.63, 3.8) is 0 Å². The van der Waals surface area contributed by atoms with Gasteiger partial charge < -0.3 is 9.64 Å². The molecule has 3 aromatic rings. The first-order chi connectivity index (χ1) is 17.3. The second-order valence-electron chi connectivity index (χ2n) is 7.82. The van der Waals surface area contributed by atoms with Crippen molar-refractivity contribution in [1.82, 2.24) is 19.9 Å². The standard InChI is InChI=1S/C22H21F3N8O3/c23-22(24,25)14-36-21-29-19(31-27-13-15-7-9-16(10-8-15)33(34)35)28-20(30-21)32-12-4-2-6-18(32)17-5-1-3-11-26-17/h1,3,5,7-11,13,18H,2,4,6,12,14H2,(H,28,29,30,31). The number of nitrogens with one attached hydrogen (secondary N) is 1. The van der Waals surface area contributed by atoms with E-state index < -0.39 is 23.7 Å². The van der Waals surface area contributed by atoms with Gasteiger partial charge in [-0.1, -0.05) is 6.07 Å². The summed E-state index contributed by atoms with van der Waals surface area (Å²) in [5.41, 5.74) is 3.84. The Balaban J connectivity index is 1.59. The number of halogens is 3. The first-order valence-corrected chi connectivity index (χ1v) is 11.0. The molecule has 1 N–H and O–H groups in total. The molecule has 0 spiro atoms. The smallest absolute Gasteiger partial charge is 0.422 e. The molecule has 1 saturated heterocycles. The van der Waals surface area contributed by atoms with Crippen LogP contribution in [0.5, 0.6) is 6.01 Å². The third kappa shape index (κ3) is 6.61. The average Bonchev–Trinajstić information content (AvgIpc) is 2.88. The maximum absolute atomic E-state index is 12.8. The predicted octanol–water partition coefficient (Wildman–Crippen LogP) is 4.29. The molecule has 1 aliphatic heterocycles. The largest absolute Gasteiger partial charge is 0.454 e. The zero-order valence-electron chi connectivity index (χ0n) is 18.8. The number of nitrogens with zero attached hydrogens (tertiary/aromatic N) is 7. The molecule has 188 valence electrons. The van der Waals surface area contributed by atoms with E-state index in [0.29, 0.717) is 12.1 Å². The van der Waals surface area contributed by atoms with Crippen molar-refractivity contribution in [3.05, 3.63) is 70.0 Å². The maximum atomic E-state index is 12.8. The minimum Gasteiger partial charge on any atom is -0.454 e. The Morgan fingerprint density at radius 1 is 1.17 bits per heavy atom. The third-order valence-corrected chi connectivity index (χ3v) is 5.24. The van der Waals surface area contributed by atoms with E-state index in [1.807, 2.05) is 17.0 Å². The van der Waals surface area contributed by atoms with Crippen molar-refractivity contribution in [3.8, 4) is 6.01 Å². The summed E-state index contributed by atoms with van der Waals surface area (Å²) >= 11 is 0. The Bertz CT molecular complexity index is 1210. The van der Waals surface area contributed by atoms with Crippen molar-refractivity contribution in [2.75, 3.05) is 23.5 Å². The molecular weight excluding hydrogens is 481 g/mol. The molecule has 1 aromatic carbocycles. The van der Waals surface area contributed by atoms with E-state index in [1.165, 1.54) is 30.5 Å². The van der Waals surface area contributed by atoms with Crippen LogP contribution >= 0.6 is 0 Å². The summed E-state index contributed by atoms with van der Waals surface area (Å²) in [7, 11) is 0. The van der Waals surface area contributed by atoms with Crippen LogP contribution < -0.4 is 15.1 Å². The normalized spacial score (nSPS) is 16.2. The van der Waals surface area contributed by atoms with Gasteiger partial charge in [0, 0.05) is 24.9 Å². The summed E-state index contributed by atoms with van der Waals surface area (Å²) in [6.45, 7) is -0.999. The molecule has 0 saturated carbocycles. The number of anilines is 2. The van der Waals surface area contributed by atoms with Crippen molar-refractivity contribution < 1.29 is 22.8 Å². The van der Waals surface area contributed by atoms with Crippen LogP contribution in [0.15, 0.2) is 53.8 Å². The zero-order valence-corrected chi connectivity index (χ0v) is 18.8. The number of nitro groups is 1. The molecule has 1 aliphatic rings. The van der Waals surface area contributed by atoms with Gasteiger partial charge in [-0.25, -0.2) is 5.43 Å². The quantitative estimate of drug-likeness (QED) is 0.272. The van der Waals surface area contributed by atoms with Crippen LogP contribution in [-0.2, 0) is 0 Å². The van der Waals surface area contributed by atoms with Gasteiger partial charge in [-0.15, -0.1) is 0 Å². The molecule has 0 radical (unpaired) electrons. The number of hydrogen-bond donors (Lipinski definition) is 1. The van der Waals surface area contributed by atoms with Gasteiger partial charge in [0.2, 0.25) is 5.95 Å². The number of hydrazone groups is 1. The highest BCUT2D eigenvalue weighted by Crippen LogP contribution is 2.33. The number of aromatic nitrogens is 4. The van der Waals surface area contributed by atoms with Crippen LogP contribution in [0.1, 0.15) is 36.6 Å². The monoisotopic (exact) mass is 502 g/mol. The minimum absolute atomic E-state index is 0.0716. The average molecular weight is 502 g/mol. The fourth-order valence-electron chi connectivity index (χ4n) is 3.63. The number of pyridine rings is 1. The van der Waals surface area contributed by atoms with Crippen LogP contribution in [0.2, 0.25) is 0 Å². The van der Waals surface area contributed by atoms with Crippen molar-refractivity contribution in [2.24, 2.45) is 5.10 Å². The van der Waals surface area contributed by atoms with E-state index >= 15 is 0 Å². The molecule has 1 atom stereocenters. The number of piperidine rings is 1. The van der Waals surface area contributed by atoms with Crippen molar-refractivity contribution in [1.29, 1.82) is 0 Å². The van der Waals surface area contributed by atoms with E-state index in [0.717, 1.165) is 25.0 Å². The highest BCUT2D eigenvalue weighted by molar-refractivity contribution is 5.80. The lowest BCUT2D eigenvalue weighted by Crippen LogP contribution is -2.35. The molecule has 0 bridgehead atoms. The summed E-state index contributed by atoms with van der Waals surface area (Å²) in [6, 6.07) is 10.5. The van der Waals surface area contributed by atoms with Gasteiger partial charge in [0.1, 0.15) is 0 Å². The number of benzene rings is 1. The third-order valence-electron chi connectivity index (χ3n) is 5.24. The Kier molecular flexibility index (Phi) is 7.51. The zero-order chi connectivity index (χ0) is 25.5. The van der Waals surface area contributed by atoms with Gasteiger partial charge >= 0.3 is 12.2 Å². The van der Waals surface area contributed by atoms with E-state index in [4.69, 9.17) is 4.74 Å². The lowest BCUT2D eigenvalue weighted by Gasteiger charge is -2.35. The van der Waals surface area contributed by atoms with Gasteiger partial charge in [0.15, 0.2) is 6.61 Å². The molecule has 0 aliphatic carbocycles.